The summed E-state index contributed by atoms with van der Waals surface area (Å²) < 4.78 is 0. The lowest BCUT2D eigenvalue weighted by molar-refractivity contribution is 0.0947. The van der Waals surface area contributed by atoms with Gasteiger partial charge < -0.3 is 10.6 Å². The van der Waals surface area contributed by atoms with Crippen LogP contribution in [0.1, 0.15) is 28.0 Å². The molecule has 1 aromatic heterocycles. The molecule has 0 fully saturated rings. The van der Waals surface area contributed by atoms with Crippen LogP contribution < -0.4 is 10.6 Å². The van der Waals surface area contributed by atoms with Crippen LogP contribution in [-0.2, 0) is 13.0 Å². The lowest BCUT2D eigenvalue weighted by Gasteiger charge is -2.07. The number of nitrogens with one attached hydrogen (secondary N) is 2. The third kappa shape index (κ3) is 6.08. The number of rotatable bonds is 8. The lowest BCUT2D eigenvalue weighted by atomic mass is 10.1. The Bertz CT molecular complexity index is 852. The first-order valence-corrected chi connectivity index (χ1v) is 9.23. The van der Waals surface area contributed by atoms with Gasteiger partial charge in [0, 0.05) is 18.1 Å². The summed E-state index contributed by atoms with van der Waals surface area (Å²) in [5.41, 5.74) is 2.66. The Hall–Kier alpha value is -2.92. The maximum Gasteiger partial charge on any atom is 0.271 e. The Morgan fingerprint density at radius 2 is 1.67 bits per heavy atom. The van der Waals surface area contributed by atoms with Crippen LogP contribution in [0.25, 0.3) is 0 Å². The Kier molecular flexibility index (Phi) is 6.77. The fraction of sp³-hybridized carbons (Fsp3) is 0.190. The molecule has 0 unspecified atom stereocenters. The quantitative estimate of drug-likeness (QED) is 0.577. The van der Waals surface area contributed by atoms with E-state index in [2.05, 4.69) is 33.0 Å². The van der Waals surface area contributed by atoms with Crippen molar-refractivity contribution in [1.82, 2.24) is 15.5 Å². The largest absolute Gasteiger partial charge is 0.365 e. The molecule has 3 rings (SSSR count). The molecular formula is C21H21ClN4O. The molecule has 0 bridgehead atoms. The van der Waals surface area contributed by atoms with Gasteiger partial charge in [0.05, 0.1) is 0 Å². The van der Waals surface area contributed by atoms with E-state index in [-0.39, 0.29) is 5.91 Å². The fourth-order valence-electron chi connectivity index (χ4n) is 2.57. The fourth-order valence-corrected chi connectivity index (χ4v) is 2.70. The van der Waals surface area contributed by atoms with Gasteiger partial charge in [0.2, 0.25) is 0 Å². The van der Waals surface area contributed by atoms with E-state index in [4.69, 9.17) is 11.6 Å². The summed E-state index contributed by atoms with van der Waals surface area (Å²) in [5, 5.41) is 14.8. The van der Waals surface area contributed by atoms with Crippen LogP contribution in [0, 0.1) is 0 Å². The average molecular weight is 381 g/mol. The molecule has 0 atom stereocenters. The van der Waals surface area contributed by atoms with Crippen molar-refractivity contribution in [1.29, 1.82) is 0 Å². The minimum absolute atomic E-state index is 0.209. The molecule has 0 radical (unpaired) electrons. The lowest BCUT2D eigenvalue weighted by Crippen LogP contribution is -2.26. The van der Waals surface area contributed by atoms with Crippen molar-refractivity contribution in [3.8, 4) is 0 Å². The summed E-state index contributed by atoms with van der Waals surface area (Å²) in [6.45, 7) is 1.21. The summed E-state index contributed by atoms with van der Waals surface area (Å²) in [4.78, 5) is 12.1. The zero-order chi connectivity index (χ0) is 18.9. The topological polar surface area (TPSA) is 66.9 Å². The van der Waals surface area contributed by atoms with E-state index < -0.39 is 0 Å². The Labute approximate surface area is 163 Å². The number of benzene rings is 2. The van der Waals surface area contributed by atoms with Crippen molar-refractivity contribution in [2.75, 3.05) is 11.9 Å². The number of anilines is 1. The number of halogens is 1. The molecule has 27 heavy (non-hydrogen) atoms. The van der Waals surface area contributed by atoms with Crippen molar-refractivity contribution in [3.05, 3.63) is 88.6 Å². The second-order valence-electron chi connectivity index (χ2n) is 6.13. The van der Waals surface area contributed by atoms with Gasteiger partial charge in [0.25, 0.3) is 5.91 Å². The molecule has 138 valence electrons. The third-order valence-electron chi connectivity index (χ3n) is 4.05. The van der Waals surface area contributed by atoms with Crippen molar-refractivity contribution in [2.24, 2.45) is 0 Å². The number of carbonyl (C=O) groups excluding carboxylic acids is 1. The predicted molar refractivity (Wildman–Crippen MR) is 108 cm³/mol. The molecule has 0 aliphatic carbocycles. The van der Waals surface area contributed by atoms with Gasteiger partial charge in [-0.05, 0) is 48.2 Å². The van der Waals surface area contributed by atoms with Crippen LogP contribution in [0.2, 0.25) is 5.02 Å². The van der Waals surface area contributed by atoms with Gasteiger partial charge in [0.1, 0.15) is 5.82 Å². The SMILES string of the molecule is O=C(NCCCc1ccccc1)c1ccc(NCc2ccc(Cl)cc2)nn1. The standard InChI is InChI=1S/C21H21ClN4O/c22-18-10-8-17(9-11-18)15-24-20-13-12-19(25-26-20)21(27)23-14-4-7-16-5-2-1-3-6-16/h1-3,5-6,8-13H,4,7,14-15H2,(H,23,27)(H,24,26). The van der Waals surface area contributed by atoms with Crippen LogP contribution in [0.4, 0.5) is 5.82 Å². The maximum absolute atomic E-state index is 12.1. The average Bonchev–Trinajstić information content (AvgIpc) is 2.72. The highest BCUT2D eigenvalue weighted by atomic mass is 35.5. The van der Waals surface area contributed by atoms with E-state index in [9.17, 15) is 4.79 Å². The molecule has 1 heterocycles. The second kappa shape index (κ2) is 9.69. The van der Waals surface area contributed by atoms with Crippen molar-refractivity contribution >= 4 is 23.3 Å². The number of nitrogens with zero attached hydrogens (tertiary/aromatic N) is 2. The van der Waals surface area contributed by atoms with Gasteiger partial charge in [-0.1, -0.05) is 54.1 Å². The molecule has 0 aliphatic heterocycles. The zero-order valence-electron chi connectivity index (χ0n) is 14.9. The molecular weight excluding hydrogens is 360 g/mol. The van der Waals surface area contributed by atoms with E-state index >= 15 is 0 Å². The van der Waals surface area contributed by atoms with Crippen LogP contribution >= 0.6 is 11.6 Å². The van der Waals surface area contributed by atoms with E-state index in [1.165, 1.54) is 5.56 Å². The summed E-state index contributed by atoms with van der Waals surface area (Å²) >= 11 is 5.87. The summed E-state index contributed by atoms with van der Waals surface area (Å²) in [7, 11) is 0. The van der Waals surface area contributed by atoms with Crippen LogP contribution in [0.5, 0.6) is 0 Å². The highest BCUT2D eigenvalue weighted by molar-refractivity contribution is 6.30. The van der Waals surface area contributed by atoms with Gasteiger partial charge >= 0.3 is 0 Å². The van der Waals surface area contributed by atoms with Crippen molar-refractivity contribution in [2.45, 2.75) is 19.4 Å². The van der Waals surface area contributed by atoms with Crippen LogP contribution in [0.15, 0.2) is 66.7 Å². The molecule has 0 saturated carbocycles. The summed E-state index contributed by atoms with van der Waals surface area (Å²) in [6.07, 6.45) is 1.81. The number of amides is 1. The van der Waals surface area contributed by atoms with Crippen LogP contribution in [-0.4, -0.2) is 22.6 Å². The first-order chi connectivity index (χ1) is 13.2. The first-order valence-electron chi connectivity index (χ1n) is 8.85. The van der Waals surface area contributed by atoms with E-state index in [1.807, 2.05) is 42.5 Å². The number of carbonyl (C=O) groups is 1. The Morgan fingerprint density at radius 1 is 0.889 bits per heavy atom. The van der Waals surface area contributed by atoms with Gasteiger partial charge in [-0.3, -0.25) is 4.79 Å². The molecule has 1 amide bonds. The number of aryl methyl sites for hydroxylation is 1. The molecule has 2 N–H and O–H groups in total. The molecule has 6 heteroatoms. The van der Waals surface area contributed by atoms with Gasteiger partial charge in [-0.15, -0.1) is 10.2 Å². The Morgan fingerprint density at radius 3 is 2.37 bits per heavy atom. The van der Waals surface area contributed by atoms with Gasteiger partial charge in [0.15, 0.2) is 5.69 Å². The minimum atomic E-state index is -0.209. The number of hydrogen-bond donors (Lipinski definition) is 2. The van der Waals surface area contributed by atoms with Crippen LogP contribution in [0.3, 0.4) is 0 Å². The van der Waals surface area contributed by atoms with E-state index in [0.717, 1.165) is 18.4 Å². The second-order valence-corrected chi connectivity index (χ2v) is 6.57. The van der Waals surface area contributed by atoms with E-state index in [0.29, 0.717) is 29.6 Å². The maximum atomic E-state index is 12.1. The molecule has 0 aliphatic rings. The van der Waals surface area contributed by atoms with E-state index in [1.54, 1.807) is 12.1 Å². The zero-order valence-corrected chi connectivity index (χ0v) is 15.6. The minimum Gasteiger partial charge on any atom is -0.365 e. The van der Waals surface area contributed by atoms with Crippen molar-refractivity contribution < 1.29 is 4.79 Å². The molecule has 0 spiro atoms. The molecule has 2 aromatic carbocycles. The third-order valence-corrected chi connectivity index (χ3v) is 4.31. The first kappa shape index (κ1) is 18.9. The Balaban J connectivity index is 1.42. The summed E-state index contributed by atoms with van der Waals surface area (Å²) in [5.74, 6) is 0.408. The molecule has 5 nitrogen and oxygen atoms in total. The van der Waals surface area contributed by atoms with Gasteiger partial charge in [-0.2, -0.15) is 0 Å². The monoisotopic (exact) mass is 380 g/mol. The normalized spacial score (nSPS) is 10.4. The van der Waals surface area contributed by atoms with Crippen molar-refractivity contribution in [3.63, 3.8) is 0 Å². The highest BCUT2D eigenvalue weighted by Gasteiger charge is 2.07. The van der Waals surface area contributed by atoms with Gasteiger partial charge in [-0.25, -0.2) is 0 Å². The predicted octanol–water partition coefficient (Wildman–Crippen LogP) is 4.10. The summed E-state index contributed by atoms with van der Waals surface area (Å²) in [6, 6.07) is 21.2. The number of hydrogen-bond acceptors (Lipinski definition) is 4. The number of aromatic nitrogens is 2. The highest BCUT2D eigenvalue weighted by Crippen LogP contribution is 2.11. The molecule has 3 aromatic rings. The molecule has 0 saturated heterocycles. The smallest absolute Gasteiger partial charge is 0.271 e.